The quantitative estimate of drug-likeness (QED) is 0.884. The predicted molar refractivity (Wildman–Crippen MR) is 89.2 cm³/mol. The number of piperidine rings is 1. The zero-order valence-electron chi connectivity index (χ0n) is 14.2. The molecule has 0 bridgehead atoms. The lowest BCUT2D eigenvalue weighted by molar-refractivity contribution is -0.135. The second-order valence-corrected chi connectivity index (χ2v) is 6.65. The van der Waals surface area contributed by atoms with Crippen molar-refractivity contribution in [3.05, 3.63) is 35.6 Å². The number of nitrogens with zero attached hydrogens (tertiary/aromatic N) is 2. The maximum atomic E-state index is 13.5. The second-order valence-electron chi connectivity index (χ2n) is 6.65. The van der Waals surface area contributed by atoms with Gasteiger partial charge in [-0.05, 0) is 24.5 Å². The molecule has 2 aliphatic heterocycles. The summed E-state index contributed by atoms with van der Waals surface area (Å²) in [6.07, 6.45) is 1.56. The number of hydrogen-bond donors (Lipinski definition) is 1. The number of likely N-dealkylation sites (tertiary alicyclic amines) is 2. The van der Waals surface area contributed by atoms with Crippen LogP contribution in [0.2, 0.25) is 0 Å². The average molecular weight is 347 g/mol. The predicted octanol–water partition coefficient (Wildman–Crippen LogP) is 1.02. The maximum Gasteiger partial charge on any atom is 0.254 e. The molecule has 1 N–H and O–H groups in total. The number of halogens is 1. The van der Waals surface area contributed by atoms with Crippen LogP contribution < -0.4 is 5.32 Å². The summed E-state index contributed by atoms with van der Waals surface area (Å²) in [5.41, 5.74) is -0.0261. The van der Waals surface area contributed by atoms with Gasteiger partial charge in [-0.2, -0.15) is 0 Å². The summed E-state index contributed by atoms with van der Waals surface area (Å²) in [5.74, 6) is -0.683. The average Bonchev–Trinajstić information content (AvgIpc) is 2.89. The Labute approximate surface area is 146 Å². The van der Waals surface area contributed by atoms with Crippen LogP contribution in [0.15, 0.2) is 24.3 Å². The highest BCUT2D eigenvalue weighted by Crippen LogP contribution is 2.31. The number of likely N-dealkylation sites (N-methyl/N-ethyl adjacent to an activating group) is 1. The highest BCUT2D eigenvalue weighted by atomic mass is 19.1. The van der Waals surface area contributed by atoms with E-state index in [4.69, 9.17) is 0 Å². The van der Waals surface area contributed by atoms with E-state index in [1.165, 1.54) is 18.2 Å². The van der Waals surface area contributed by atoms with Gasteiger partial charge in [-0.25, -0.2) is 4.39 Å². The van der Waals surface area contributed by atoms with Crippen molar-refractivity contribution in [2.45, 2.75) is 25.3 Å². The van der Waals surface area contributed by atoms with E-state index in [9.17, 15) is 18.8 Å². The molecule has 3 amide bonds. The monoisotopic (exact) mass is 347 g/mol. The van der Waals surface area contributed by atoms with Gasteiger partial charge in [-0.1, -0.05) is 12.1 Å². The van der Waals surface area contributed by atoms with Crippen LogP contribution in [-0.2, 0) is 9.59 Å². The lowest BCUT2D eigenvalue weighted by atomic mass is 9.92. The highest BCUT2D eigenvalue weighted by Gasteiger charge is 2.41. The van der Waals surface area contributed by atoms with Crippen molar-refractivity contribution < 1.29 is 18.8 Å². The standard InChI is InChI=1S/C18H22FN3O3/c1-21-15-11-22(9-7-12(15)10-17(21)24)16(23)6-8-20-18(25)13-4-2-3-5-14(13)19/h2-5,12,15H,6-11H2,1H3,(H,20,25)/t12-,15-/m1/s1. The minimum Gasteiger partial charge on any atom is -0.351 e. The fourth-order valence-electron chi connectivity index (χ4n) is 3.62. The fraction of sp³-hybridized carbons (Fsp3) is 0.500. The first kappa shape index (κ1) is 17.4. The third-order valence-electron chi connectivity index (χ3n) is 5.14. The minimum atomic E-state index is -0.581. The smallest absolute Gasteiger partial charge is 0.254 e. The van der Waals surface area contributed by atoms with Crippen LogP contribution in [0.1, 0.15) is 29.6 Å². The van der Waals surface area contributed by atoms with Gasteiger partial charge in [0.2, 0.25) is 11.8 Å². The van der Waals surface area contributed by atoms with Crippen molar-refractivity contribution in [3.8, 4) is 0 Å². The number of benzene rings is 1. The molecule has 7 heteroatoms. The Balaban J connectivity index is 1.48. The summed E-state index contributed by atoms with van der Waals surface area (Å²) >= 11 is 0. The third-order valence-corrected chi connectivity index (χ3v) is 5.14. The first-order valence-electron chi connectivity index (χ1n) is 8.53. The van der Waals surface area contributed by atoms with E-state index in [0.29, 0.717) is 25.4 Å². The van der Waals surface area contributed by atoms with Crippen molar-refractivity contribution in [2.75, 3.05) is 26.7 Å². The molecule has 1 aromatic carbocycles. The van der Waals surface area contributed by atoms with Gasteiger partial charge in [0.15, 0.2) is 0 Å². The summed E-state index contributed by atoms with van der Waals surface area (Å²) in [5, 5.41) is 2.58. The molecule has 25 heavy (non-hydrogen) atoms. The maximum absolute atomic E-state index is 13.5. The molecule has 0 aliphatic carbocycles. The summed E-state index contributed by atoms with van der Waals surface area (Å²) in [6.45, 7) is 1.35. The Morgan fingerprint density at radius 3 is 2.84 bits per heavy atom. The summed E-state index contributed by atoms with van der Waals surface area (Å²) in [6, 6.07) is 5.84. The van der Waals surface area contributed by atoms with Gasteiger partial charge in [-0.15, -0.1) is 0 Å². The SMILES string of the molecule is CN1C(=O)C[C@H]2CCN(C(=O)CCNC(=O)c3ccccc3F)C[C@H]21. The summed E-state index contributed by atoms with van der Waals surface area (Å²) < 4.78 is 13.5. The van der Waals surface area contributed by atoms with E-state index >= 15 is 0 Å². The Kier molecular flexibility index (Phi) is 5.01. The number of nitrogens with one attached hydrogen (secondary N) is 1. The van der Waals surface area contributed by atoms with Crippen LogP contribution in [0.25, 0.3) is 0 Å². The molecule has 2 saturated heterocycles. The number of carbonyl (C=O) groups excluding carboxylic acids is 3. The zero-order valence-corrected chi connectivity index (χ0v) is 14.2. The van der Waals surface area contributed by atoms with E-state index in [0.717, 1.165) is 6.42 Å². The van der Waals surface area contributed by atoms with Crippen molar-refractivity contribution in [3.63, 3.8) is 0 Å². The van der Waals surface area contributed by atoms with Gasteiger partial charge < -0.3 is 15.1 Å². The Morgan fingerprint density at radius 2 is 2.08 bits per heavy atom. The van der Waals surface area contributed by atoms with Crippen LogP contribution >= 0.6 is 0 Å². The van der Waals surface area contributed by atoms with E-state index in [2.05, 4.69) is 5.32 Å². The molecule has 134 valence electrons. The third kappa shape index (κ3) is 3.65. The van der Waals surface area contributed by atoms with Gasteiger partial charge in [-0.3, -0.25) is 14.4 Å². The zero-order chi connectivity index (χ0) is 18.0. The van der Waals surface area contributed by atoms with Crippen LogP contribution in [0.4, 0.5) is 4.39 Å². The topological polar surface area (TPSA) is 69.7 Å². The van der Waals surface area contributed by atoms with Crippen LogP contribution in [0.3, 0.4) is 0 Å². The Bertz CT molecular complexity index is 694. The number of carbonyl (C=O) groups is 3. The van der Waals surface area contributed by atoms with Gasteiger partial charge in [0.1, 0.15) is 5.82 Å². The van der Waals surface area contributed by atoms with Crippen LogP contribution in [0, 0.1) is 11.7 Å². The molecule has 0 radical (unpaired) electrons. The molecule has 3 rings (SSSR count). The molecule has 1 aromatic rings. The molecule has 6 nitrogen and oxygen atoms in total. The number of amides is 3. The summed E-state index contributed by atoms with van der Waals surface area (Å²) in [7, 11) is 1.79. The number of rotatable bonds is 4. The largest absolute Gasteiger partial charge is 0.351 e. The number of hydrogen-bond acceptors (Lipinski definition) is 3. The van der Waals surface area contributed by atoms with Gasteiger partial charge in [0.25, 0.3) is 5.91 Å². The van der Waals surface area contributed by atoms with Gasteiger partial charge in [0, 0.05) is 39.5 Å². The molecular weight excluding hydrogens is 325 g/mol. The van der Waals surface area contributed by atoms with E-state index in [-0.39, 0.29) is 36.4 Å². The normalized spacial score (nSPS) is 22.7. The Hall–Kier alpha value is -2.44. The molecule has 0 spiro atoms. The van der Waals surface area contributed by atoms with Gasteiger partial charge >= 0.3 is 0 Å². The van der Waals surface area contributed by atoms with Crippen LogP contribution in [-0.4, -0.2) is 60.2 Å². The molecule has 0 aromatic heterocycles. The van der Waals surface area contributed by atoms with Crippen molar-refractivity contribution in [2.24, 2.45) is 5.92 Å². The molecule has 2 aliphatic rings. The van der Waals surface area contributed by atoms with Crippen molar-refractivity contribution in [1.29, 1.82) is 0 Å². The van der Waals surface area contributed by atoms with Crippen LogP contribution in [0.5, 0.6) is 0 Å². The van der Waals surface area contributed by atoms with E-state index in [1.807, 2.05) is 0 Å². The molecule has 2 fully saturated rings. The molecule has 2 atom stereocenters. The van der Waals surface area contributed by atoms with Gasteiger partial charge in [0.05, 0.1) is 11.6 Å². The molecule has 0 saturated carbocycles. The lowest BCUT2D eigenvalue weighted by Crippen LogP contribution is -2.50. The molecule has 2 heterocycles. The van der Waals surface area contributed by atoms with Crippen molar-refractivity contribution in [1.82, 2.24) is 15.1 Å². The Morgan fingerprint density at radius 1 is 1.32 bits per heavy atom. The lowest BCUT2D eigenvalue weighted by Gasteiger charge is -2.37. The number of fused-ring (bicyclic) bond motifs is 1. The minimum absolute atomic E-state index is 0.0261. The van der Waals surface area contributed by atoms with Crippen molar-refractivity contribution >= 4 is 17.7 Å². The molecule has 0 unspecified atom stereocenters. The van der Waals surface area contributed by atoms with E-state index < -0.39 is 11.7 Å². The van der Waals surface area contributed by atoms with E-state index in [1.54, 1.807) is 22.9 Å². The molecular formula is C18H22FN3O3. The first-order valence-corrected chi connectivity index (χ1v) is 8.53. The summed E-state index contributed by atoms with van der Waals surface area (Å²) in [4.78, 5) is 39.6. The first-order chi connectivity index (χ1) is 12.0. The highest BCUT2D eigenvalue weighted by molar-refractivity contribution is 5.94. The second kappa shape index (κ2) is 7.21. The fourth-order valence-corrected chi connectivity index (χ4v) is 3.62.